The molecule has 0 bridgehead atoms. The van der Waals surface area contributed by atoms with E-state index in [1.54, 1.807) is 36.1 Å². The maximum atomic E-state index is 12.8. The molecule has 4 aromatic rings. The van der Waals surface area contributed by atoms with Crippen LogP contribution in [0.3, 0.4) is 0 Å². The molecule has 2 heterocycles. The summed E-state index contributed by atoms with van der Waals surface area (Å²) >= 11 is 0. The Balaban J connectivity index is 1.30. The number of hydrogen-bond acceptors (Lipinski definition) is 5. The molecule has 1 aromatic heterocycles. The molecule has 0 saturated carbocycles. The lowest BCUT2D eigenvalue weighted by Gasteiger charge is -2.11. The van der Waals surface area contributed by atoms with Gasteiger partial charge < -0.3 is 20.1 Å². The fourth-order valence-electron chi connectivity index (χ4n) is 4.08. The van der Waals surface area contributed by atoms with Crippen LogP contribution < -0.4 is 15.4 Å². The summed E-state index contributed by atoms with van der Waals surface area (Å²) in [6.45, 7) is 0.288. The number of benzene rings is 3. The number of fused-ring (bicyclic) bond motifs is 1. The van der Waals surface area contributed by atoms with E-state index >= 15 is 0 Å². The summed E-state index contributed by atoms with van der Waals surface area (Å²) in [6.07, 6.45) is -0.0522. The van der Waals surface area contributed by atoms with Crippen molar-refractivity contribution in [2.24, 2.45) is 0 Å². The van der Waals surface area contributed by atoms with E-state index in [9.17, 15) is 9.59 Å². The summed E-state index contributed by atoms with van der Waals surface area (Å²) in [5.41, 5.74) is 3.04. The molecule has 0 radical (unpaired) electrons. The Morgan fingerprint density at radius 2 is 1.63 bits per heavy atom. The van der Waals surface area contributed by atoms with Crippen LogP contribution in [0, 0.1) is 0 Å². The van der Waals surface area contributed by atoms with Gasteiger partial charge in [0, 0.05) is 18.4 Å². The zero-order valence-electron chi connectivity index (χ0n) is 19.1. The molecular weight excluding hydrogens is 444 g/mol. The highest BCUT2D eigenvalue weighted by molar-refractivity contribution is 6.04. The summed E-state index contributed by atoms with van der Waals surface area (Å²) in [6, 6.07) is 25.5. The average molecular weight is 469 g/mol. The van der Waals surface area contributed by atoms with Crippen molar-refractivity contribution >= 4 is 23.3 Å². The summed E-state index contributed by atoms with van der Waals surface area (Å²) in [4.78, 5) is 25.6. The van der Waals surface area contributed by atoms with E-state index < -0.39 is 6.04 Å². The number of hydrogen-bond donors (Lipinski definition) is 2. The Kier molecular flexibility index (Phi) is 6.28. The Bertz CT molecular complexity index is 1340. The van der Waals surface area contributed by atoms with Crippen molar-refractivity contribution in [3.63, 3.8) is 0 Å². The second-order valence-electron chi connectivity index (χ2n) is 8.11. The van der Waals surface area contributed by atoms with E-state index in [4.69, 9.17) is 9.47 Å². The standard InChI is InChI=1S/C27H24N4O4/c1-34-17-22-25(18-8-4-2-5-9-18)26-29-27(33)23(31(26)30-22)16-24(32)28-19-12-14-21(15-13-19)35-20-10-6-3-7-11-20/h2-15,23H,16-17H2,1H3,(H,28,32)(H,29,33)/t23-/m1/s1. The SMILES string of the molecule is COCc1nn2c(c1-c1ccccc1)NC(=O)[C@H]2CC(=O)Nc1ccc(Oc2ccccc2)cc1. The van der Waals surface area contributed by atoms with E-state index in [2.05, 4.69) is 15.7 Å². The Morgan fingerprint density at radius 3 is 2.31 bits per heavy atom. The Hall–Kier alpha value is -4.43. The molecule has 176 valence electrons. The van der Waals surface area contributed by atoms with Gasteiger partial charge in [-0.1, -0.05) is 48.5 Å². The monoisotopic (exact) mass is 468 g/mol. The highest BCUT2D eigenvalue weighted by atomic mass is 16.5. The largest absolute Gasteiger partial charge is 0.457 e. The van der Waals surface area contributed by atoms with Crippen LogP contribution in [0.15, 0.2) is 84.9 Å². The Morgan fingerprint density at radius 1 is 0.971 bits per heavy atom. The van der Waals surface area contributed by atoms with Gasteiger partial charge in [0.15, 0.2) is 0 Å². The molecule has 2 amide bonds. The average Bonchev–Trinajstić information content (AvgIpc) is 3.36. The molecule has 5 rings (SSSR count). The smallest absolute Gasteiger partial charge is 0.251 e. The number of ether oxygens (including phenoxy) is 2. The predicted octanol–water partition coefficient (Wildman–Crippen LogP) is 5.01. The summed E-state index contributed by atoms with van der Waals surface area (Å²) in [7, 11) is 1.60. The zero-order chi connectivity index (χ0) is 24.2. The van der Waals surface area contributed by atoms with Gasteiger partial charge in [-0.25, -0.2) is 4.68 Å². The first-order valence-electron chi connectivity index (χ1n) is 11.2. The molecule has 0 fully saturated rings. The van der Waals surface area contributed by atoms with E-state index in [-0.39, 0.29) is 24.8 Å². The fraction of sp³-hybridized carbons (Fsp3) is 0.148. The minimum Gasteiger partial charge on any atom is -0.457 e. The molecule has 35 heavy (non-hydrogen) atoms. The molecule has 0 unspecified atom stereocenters. The predicted molar refractivity (Wildman–Crippen MR) is 132 cm³/mol. The number of aromatic nitrogens is 2. The third-order valence-electron chi connectivity index (χ3n) is 5.66. The third-order valence-corrected chi connectivity index (χ3v) is 5.66. The molecule has 0 saturated heterocycles. The van der Waals surface area contributed by atoms with E-state index in [0.29, 0.717) is 22.9 Å². The van der Waals surface area contributed by atoms with Gasteiger partial charge in [0.05, 0.1) is 18.7 Å². The van der Waals surface area contributed by atoms with Crippen molar-refractivity contribution in [1.82, 2.24) is 9.78 Å². The van der Waals surface area contributed by atoms with Crippen LogP contribution in [0.4, 0.5) is 11.5 Å². The lowest BCUT2D eigenvalue weighted by Crippen LogP contribution is -2.24. The van der Waals surface area contributed by atoms with E-state index in [1.807, 2.05) is 60.7 Å². The molecule has 8 heteroatoms. The first kappa shape index (κ1) is 22.4. The lowest BCUT2D eigenvalue weighted by atomic mass is 10.1. The van der Waals surface area contributed by atoms with Crippen LogP contribution in [0.1, 0.15) is 18.2 Å². The molecule has 1 aliphatic heterocycles. The van der Waals surface area contributed by atoms with Crippen molar-refractivity contribution < 1.29 is 19.1 Å². The van der Waals surface area contributed by atoms with Crippen LogP contribution in [-0.2, 0) is 20.9 Å². The summed E-state index contributed by atoms with van der Waals surface area (Å²) < 4.78 is 12.7. The normalized spacial score (nSPS) is 14.3. The first-order chi connectivity index (χ1) is 17.1. The first-order valence-corrected chi connectivity index (χ1v) is 11.2. The highest BCUT2D eigenvalue weighted by Crippen LogP contribution is 2.38. The molecule has 0 aliphatic carbocycles. The lowest BCUT2D eigenvalue weighted by molar-refractivity contribution is -0.123. The molecule has 1 aliphatic rings. The van der Waals surface area contributed by atoms with Gasteiger partial charge in [0.2, 0.25) is 5.91 Å². The number of carbonyl (C=O) groups excluding carboxylic acids is 2. The van der Waals surface area contributed by atoms with E-state index in [0.717, 1.165) is 16.9 Å². The van der Waals surface area contributed by atoms with Crippen molar-refractivity contribution in [1.29, 1.82) is 0 Å². The van der Waals surface area contributed by atoms with Crippen LogP contribution in [0.25, 0.3) is 11.1 Å². The van der Waals surface area contributed by atoms with Gasteiger partial charge in [0.25, 0.3) is 5.91 Å². The number of para-hydroxylation sites is 1. The zero-order valence-corrected chi connectivity index (χ0v) is 19.1. The fourth-order valence-corrected chi connectivity index (χ4v) is 4.08. The topological polar surface area (TPSA) is 94.5 Å². The molecule has 1 atom stereocenters. The number of rotatable bonds is 8. The van der Waals surface area contributed by atoms with Gasteiger partial charge in [-0.15, -0.1) is 0 Å². The second-order valence-corrected chi connectivity index (χ2v) is 8.11. The molecule has 0 spiro atoms. The number of methoxy groups -OCH3 is 1. The summed E-state index contributed by atoms with van der Waals surface area (Å²) in [5, 5.41) is 10.4. The van der Waals surface area contributed by atoms with Crippen molar-refractivity contribution in [3.8, 4) is 22.6 Å². The van der Waals surface area contributed by atoms with Gasteiger partial charge >= 0.3 is 0 Å². The van der Waals surface area contributed by atoms with E-state index in [1.165, 1.54) is 0 Å². The third kappa shape index (κ3) is 4.78. The minimum atomic E-state index is -0.751. The van der Waals surface area contributed by atoms with Crippen molar-refractivity contribution in [2.45, 2.75) is 19.1 Å². The quantitative estimate of drug-likeness (QED) is 0.379. The number of carbonyl (C=O) groups is 2. The van der Waals surface area contributed by atoms with Gasteiger partial charge in [-0.2, -0.15) is 5.10 Å². The number of amides is 2. The van der Waals surface area contributed by atoms with Crippen LogP contribution in [0.2, 0.25) is 0 Å². The van der Waals surface area contributed by atoms with Crippen LogP contribution >= 0.6 is 0 Å². The minimum absolute atomic E-state index is 0.0522. The van der Waals surface area contributed by atoms with Gasteiger partial charge in [-0.3, -0.25) is 9.59 Å². The highest BCUT2D eigenvalue weighted by Gasteiger charge is 2.37. The van der Waals surface area contributed by atoms with Crippen LogP contribution in [-0.4, -0.2) is 28.7 Å². The maximum absolute atomic E-state index is 12.8. The molecule has 3 aromatic carbocycles. The maximum Gasteiger partial charge on any atom is 0.251 e. The summed E-state index contributed by atoms with van der Waals surface area (Å²) in [5.74, 6) is 1.41. The number of nitrogens with zero attached hydrogens (tertiary/aromatic N) is 2. The number of anilines is 2. The van der Waals surface area contributed by atoms with Gasteiger partial charge in [0.1, 0.15) is 23.4 Å². The van der Waals surface area contributed by atoms with Crippen molar-refractivity contribution in [2.75, 3.05) is 17.7 Å². The van der Waals surface area contributed by atoms with Crippen LogP contribution in [0.5, 0.6) is 11.5 Å². The molecular formula is C27H24N4O4. The van der Waals surface area contributed by atoms with Gasteiger partial charge in [-0.05, 0) is 42.0 Å². The molecule has 8 nitrogen and oxygen atoms in total. The van der Waals surface area contributed by atoms with Crippen molar-refractivity contribution in [3.05, 3.63) is 90.6 Å². The molecule has 2 N–H and O–H groups in total. The number of nitrogens with one attached hydrogen (secondary N) is 2. The Labute approximate surface area is 202 Å². The second kappa shape index (κ2) is 9.82.